The zero-order chi connectivity index (χ0) is 9.40. The molecule has 0 aliphatic rings. The second-order valence-electron chi connectivity index (χ2n) is 3.80. The summed E-state index contributed by atoms with van der Waals surface area (Å²) < 4.78 is 0. The first kappa shape index (κ1) is 12.2. The van der Waals surface area contributed by atoms with E-state index in [4.69, 9.17) is 0 Å². The van der Waals surface area contributed by atoms with Crippen molar-refractivity contribution in [3.8, 4) is 0 Å². The SMILES string of the molecule is CC(C)=CCCC(C)CCCBr. The van der Waals surface area contributed by atoms with Crippen molar-refractivity contribution in [2.24, 2.45) is 5.92 Å². The Labute approximate surface area is 85.6 Å². The monoisotopic (exact) mass is 232 g/mol. The van der Waals surface area contributed by atoms with Gasteiger partial charge in [-0.1, -0.05) is 34.5 Å². The molecule has 1 unspecified atom stereocenters. The molecule has 0 saturated carbocycles. The Bertz CT molecular complexity index is 123. The van der Waals surface area contributed by atoms with Gasteiger partial charge in [0.25, 0.3) is 0 Å². The summed E-state index contributed by atoms with van der Waals surface area (Å²) in [5, 5.41) is 1.15. The molecule has 12 heavy (non-hydrogen) atoms. The highest BCUT2D eigenvalue weighted by Crippen LogP contribution is 2.14. The van der Waals surface area contributed by atoms with E-state index >= 15 is 0 Å². The Morgan fingerprint density at radius 3 is 2.50 bits per heavy atom. The van der Waals surface area contributed by atoms with Crippen LogP contribution in [0.5, 0.6) is 0 Å². The Morgan fingerprint density at radius 1 is 1.33 bits per heavy atom. The van der Waals surface area contributed by atoms with Gasteiger partial charge >= 0.3 is 0 Å². The minimum absolute atomic E-state index is 0.887. The van der Waals surface area contributed by atoms with Gasteiger partial charge in [0, 0.05) is 5.33 Å². The molecule has 0 aromatic heterocycles. The van der Waals surface area contributed by atoms with E-state index in [0.717, 1.165) is 11.2 Å². The predicted octanol–water partition coefficient (Wildman–Crippen LogP) is 4.54. The van der Waals surface area contributed by atoms with Crippen LogP contribution in [0.2, 0.25) is 0 Å². The quantitative estimate of drug-likeness (QED) is 0.466. The Balaban J connectivity index is 3.31. The Kier molecular flexibility index (Phi) is 7.99. The van der Waals surface area contributed by atoms with Gasteiger partial charge < -0.3 is 0 Å². The molecule has 0 aromatic carbocycles. The summed E-state index contributed by atoms with van der Waals surface area (Å²) in [5.74, 6) is 0.887. The fourth-order valence-electron chi connectivity index (χ4n) is 1.23. The van der Waals surface area contributed by atoms with Crippen LogP contribution in [-0.2, 0) is 0 Å². The van der Waals surface area contributed by atoms with E-state index in [-0.39, 0.29) is 0 Å². The van der Waals surface area contributed by atoms with Crippen molar-refractivity contribution < 1.29 is 0 Å². The van der Waals surface area contributed by atoms with E-state index in [1.54, 1.807) is 0 Å². The van der Waals surface area contributed by atoms with Crippen LogP contribution in [0.15, 0.2) is 11.6 Å². The minimum Gasteiger partial charge on any atom is -0.0928 e. The molecular weight excluding hydrogens is 212 g/mol. The molecule has 0 amide bonds. The molecule has 0 N–H and O–H groups in total. The lowest BCUT2D eigenvalue weighted by Crippen LogP contribution is -1.94. The third-order valence-corrected chi connectivity index (χ3v) is 2.60. The summed E-state index contributed by atoms with van der Waals surface area (Å²) in [6.45, 7) is 6.69. The van der Waals surface area contributed by atoms with Crippen molar-refractivity contribution in [2.75, 3.05) is 5.33 Å². The summed E-state index contributed by atoms with van der Waals surface area (Å²) in [5.41, 5.74) is 1.45. The lowest BCUT2D eigenvalue weighted by Gasteiger charge is -2.07. The van der Waals surface area contributed by atoms with E-state index in [2.05, 4.69) is 42.8 Å². The number of halogens is 1. The lowest BCUT2D eigenvalue weighted by molar-refractivity contribution is 0.493. The Morgan fingerprint density at radius 2 is 2.00 bits per heavy atom. The van der Waals surface area contributed by atoms with Crippen molar-refractivity contribution >= 4 is 15.9 Å². The summed E-state index contributed by atoms with van der Waals surface area (Å²) in [4.78, 5) is 0. The van der Waals surface area contributed by atoms with Crippen molar-refractivity contribution in [2.45, 2.75) is 46.5 Å². The fourth-order valence-corrected chi connectivity index (χ4v) is 1.55. The number of hydrogen-bond acceptors (Lipinski definition) is 0. The number of hydrogen-bond donors (Lipinski definition) is 0. The van der Waals surface area contributed by atoms with Crippen LogP contribution in [0, 0.1) is 5.92 Å². The van der Waals surface area contributed by atoms with Crippen LogP contribution < -0.4 is 0 Å². The van der Waals surface area contributed by atoms with Gasteiger partial charge in [0.1, 0.15) is 0 Å². The molecule has 0 radical (unpaired) electrons. The molecule has 1 heteroatoms. The molecule has 72 valence electrons. The highest BCUT2D eigenvalue weighted by Gasteiger charge is 1.99. The molecule has 0 aliphatic carbocycles. The maximum Gasteiger partial charge on any atom is 0.00314 e. The van der Waals surface area contributed by atoms with E-state index in [9.17, 15) is 0 Å². The molecule has 0 bridgehead atoms. The van der Waals surface area contributed by atoms with Gasteiger partial charge in [-0.25, -0.2) is 0 Å². The average Bonchev–Trinajstić information content (AvgIpc) is 2.00. The van der Waals surface area contributed by atoms with Gasteiger partial charge in [-0.15, -0.1) is 0 Å². The smallest absolute Gasteiger partial charge is 0.00314 e. The highest BCUT2D eigenvalue weighted by atomic mass is 79.9. The molecule has 0 spiro atoms. The zero-order valence-corrected chi connectivity index (χ0v) is 10.2. The maximum absolute atomic E-state index is 3.46. The first-order chi connectivity index (χ1) is 5.66. The van der Waals surface area contributed by atoms with Crippen LogP contribution in [0.3, 0.4) is 0 Å². The average molecular weight is 233 g/mol. The van der Waals surface area contributed by atoms with Gasteiger partial charge in [0.2, 0.25) is 0 Å². The lowest BCUT2D eigenvalue weighted by atomic mass is 10.00. The van der Waals surface area contributed by atoms with Crippen molar-refractivity contribution in [3.63, 3.8) is 0 Å². The van der Waals surface area contributed by atoms with E-state index in [1.807, 2.05) is 0 Å². The van der Waals surface area contributed by atoms with Gasteiger partial charge in [0.15, 0.2) is 0 Å². The Hall–Kier alpha value is 0.220. The minimum atomic E-state index is 0.887. The van der Waals surface area contributed by atoms with Crippen LogP contribution in [0.4, 0.5) is 0 Å². The normalized spacial score (nSPS) is 12.7. The van der Waals surface area contributed by atoms with E-state index in [1.165, 1.54) is 31.3 Å². The summed E-state index contributed by atoms with van der Waals surface area (Å²) >= 11 is 3.46. The van der Waals surface area contributed by atoms with Gasteiger partial charge in [-0.2, -0.15) is 0 Å². The summed E-state index contributed by atoms with van der Waals surface area (Å²) in [6.07, 6.45) is 7.62. The van der Waals surface area contributed by atoms with E-state index < -0.39 is 0 Å². The fraction of sp³-hybridized carbons (Fsp3) is 0.818. The van der Waals surface area contributed by atoms with Crippen molar-refractivity contribution in [1.82, 2.24) is 0 Å². The van der Waals surface area contributed by atoms with Crippen molar-refractivity contribution in [1.29, 1.82) is 0 Å². The third-order valence-electron chi connectivity index (χ3n) is 2.04. The molecular formula is C11H21Br. The zero-order valence-electron chi connectivity index (χ0n) is 8.57. The molecule has 0 aromatic rings. The second kappa shape index (κ2) is 7.85. The third kappa shape index (κ3) is 8.32. The topological polar surface area (TPSA) is 0 Å². The molecule has 0 saturated heterocycles. The largest absolute Gasteiger partial charge is 0.0928 e. The van der Waals surface area contributed by atoms with Gasteiger partial charge in [-0.3, -0.25) is 0 Å². The summed E-state index contributed by atoms with van der Waals surface area (Å²) in [6, 6.07) is 0. The highest BCUT2D eigenvalue weighted by molar-refractivity contribution is 9.09. The maximum atomic E-state index is 3.46. The van der Waals surface area contributed by atoms with Crippen LogP contribution >= 0.6 is 15.9 Å². The standard InChI is InChI=1S/C11H21Br/c1-10(2)6-4-7-11(3)8-5-9-12/h6,11H,4-5,7-9H2,1-3H3. The first-order valence-corrected chi connectivity index (χ1v) is 5.98. The van der Waals surface area contributed by atoms with Gasteiger partial charge in [-0.05, 0) is 45.4 Å². The van der Waals surface area contributed by atoms with Crippen molar-refractivity contribution in [3.05, 3.63) is 11.6 Å². The predicted molar refractivity (Wildman–Crippen MR) is 60.9 cm³/mol. The van der Waals surface area contributed by atoms with Gasteiger partial charge in [0.05, 0.1) is 0 Å². The van der Waals surface area contributed by atoms with Crippen LogP contribution in [0.25, 0.3) is 0 Å². The molecule has 0 nitrogen and oxygen atoms in total. The molecule has 0 rings (SSSR count). The first-order valence-electron chi connectivity index (χ1n) is 4.86. The number of allylic oxidation sites excluding steroid dienone is 2. The second-order valence-corrected chi connectivity index (χ2v) is 4.59. The van der Waals surface area contributed by atoms with Crippen LogP contribution in [-0.4, -0.2) is 5.33 Å². The molecule has 1 atom stereocenters. The molecule has 0 heterocycles. The number of alkyl halides is 1. The summed E-state index contributed by atoms with van der Waals surface area (Å²) in [7, 11) is 0. The van der Waals surface area contributed by atoms with E-state index in [0.29, 0.717) is 0 Å². The molecule has 0 fully saturated rings. The molecule has 0 aliphatic heterocycles. The number of rotatable bonds is 6. The van der Waals surface area contributed by atoms with Crippen LogP contribution in [0.1, 0.15) is 46.5 Å².